The number of thiazole rings is 1. The quantitative estimate of drug-likeness (QED) is 0.0571. The van der Waals surface area contributed by atoms with Crippen molar-refractivity contribution in [3.05, 3.63) is 146 Å². The molecule has 1 saturated carbocycles. The Bertz CT molecular complexity index is 3570. The van der Waals surface area contributed by atoms with E-state index in [0.29, 0.717) is 52.8 Å². The van der Waals surface area contributed by atoms with Gasteiger partial charge >= 0.3 is 0 Å². The van der Waals surface area contributed by atoms with Crippen LogP contribution in [-0.4, -0.2) is 132 Å². The normalized spacial score (nSPS) is 17.1. The summed E-state index contributed by atoms with van der Waals surface area (Å²) in [6.45, 7) is 11.5. The molecule has 0 radical (unpaired) electrons. The summed E-state index contributed by atoms with van der Waals surface area (Å²) in [6, 6.07) is 19.9. The number of amides is 3. The van der Waals surface area contributed by atoms with Crippen molar-refractivity contribution >= 4 is 57.2 Å². The maximum atomic E-state index is 15.4. The number of piperazine rings is 1. The van der Waals surface area contributed by atoms with E-state index < -0.39 is 53.1 Å². The van der Waals surface area contributed by atoms with Crippen LogP contribution in [-0.2, 0) is 39.3 Å². The third-order valence-corrected chi connectivity index (χ3v) is 16.4. The summed E-state index contributed by atoms with van der Waals surface area (Å²) < 4.78 is 24.1. The first-order valence-electron chi connectivity index (χ1n) is 27.4. The van der Waals surface area contributed by atoms with Gasteiger partial charge in [0.25, 0.3) is 11.1 Å². The number of halogens is 1. The Labute approximate surface area is 472 Å². The molecule has 424 valence electrons. The number of fused-ring (bicyclic) bond motifs is 1. The van der Waals surface area contributed by atoms with Gasteiger partial charge in [-0.15, -0.1) is 11.3 Å². The van der Waals surface area contributed by atoms with Crippen molar-refractivity contribution in [3.8, 4) is 27.4 Å². The zero-order valence-corrected chi connectivity index (χ0v) is 47.0. The molecule has 3 fully saturated rings. The Kier molecular flexibility index (Phi) is 16.9. The Hall–Kier alpha value is -7.69. The Morgan fingerprint density at radius 2 is 1.73 bits per heavy atom. The molecule has 2 saturated heterocycles. The van der Waals surface area contributed by atoms with Gasteiger partial charge in [0, 0.05) is 89.2 Å². The highest BCUT2D eigenvalue weighted by Crippen LogP contribution is 2.41. The van der Waals surface area contributed by atoms with Crippen LogP contribution in [0.4, 0.5) is 21.7 Å². The van der Waals surface area contributed by atoms with Gasteiger partial charge in [0.2, 0.25) is 17.7 Å². The standard InChI is InChI=1S/C60H68FN11O8S/c1-36-53(81-35-64-36)39-11-9-37(10-12-39)30-63-56(76)49-29-43(74)32-72(49)58(78)54(60(2,3)4)67-51(75)18-25-80-26-24-69-20-22-70(23-21-69)42-15-16-50(62-31-42)66-55-59(79)68(5)33-47(65-55)44-7-6-8-48(45(44)34-73)71-19-17-40-27-41(38-13-14-38)28-46(61)52(40)57(71)77/h6-12,15-17,19,27-28,31,33,35,38,43,49,54,73-74H,13-14,18,20-26,29-30,32,34H2,1-5H3,(H,63,76)(H,67,75)(H,62,65,66)/t43-,49+,54-/m1/s1. The van der Waals surface area contributed by atoms with Gasteiger partial charge in [0.15, 0.2) is 5.82 Å². The number of pyridine rings is 2. The summed E-state index contributed by atoms with van der Waals surface area (Å²) in [7, 11) is 1.60. The number of nitrogens with zero attached hydrogens (tertiary/aromatic N) is 8. The summed E-state index contributed by atoms with van der Waals surface area (Å²) >= 11 is 1.57. The van der Waals surface area contributed by atoms with E-state index in [-0.39, 0.29) is 55.6 Å². The first-order chi connectivity index (χ1) is 38.9. The third kappa shape index (κ3) is 12.8. The number of carbonyl (C=O) groups is 3. The number of anilines is 3. The molecule has 3 atom stereocenters. The zero-order valence-electron chi connectivity index (χ0n) is 46.2. The van der Waals surface area contributed by atoms with Crippen LogP contribution < -0.4 is 32.0 Å². The maximum absolute atomic E-state index is 15.4. The van der Waals surface area contributed by atoms with Gasteiger partial charge in [0.1, 0.15) is 23.7 Å². The lowest BCUT2D eigenvalue weighted by molar-refractivity contribution is -0.144. The number of aromatic nitrogens is 5. The summed E-state index contributed by atoms with van der Waals surface area (Å²) in [5.74, 6) is -0.995. The van der Waals surface area contributed by atoms with E-state index in [1.807, 2.05) is 69.6 Å². The smallest absolute Gasteiger partial charge is 0.293 e. The lowest BCUT2D eigenvalue weighted by Gasteiger charge is -2.36. The molecular weight excluding hydrogens is 1050 g/mol. The number of likely N-dealkylation sites (tertiary alicyclic amines) is 1. The highest BCUT2D eigenvalue weighted by molar-refractivity contribution is 7.13. The number of rotatable bonds is 19. The van der Waals surface area contributed by atoms with Crippen molar-refractivity contribution in [2.24, 2.45) is 12.5 Å². The van der Waals surface area contributed by atoms with Gasteiger partial charge in [-0.05, 0) is 83.5 Å². The van der Waals surface area contributed by atoms with Gasteiger partial charge < -0.3 is 45.3 Å². The highest BCUT2D eigenvalue weighted by Gasteiger charge is 2.44. The van der Waals surface area contributed by atoms with E-state index in [1.54, 1.807) is 67.3 Å². The summed E-state index contributed by atoms with van der Waals surface area (Å²) in [6.07, 6.45) is 6.15. The minimum atomic E-state index is -0.943. The Morgan fingerprint density at radius 1 is 0.951 bits per heavy atom. The van der Waals surface area contributed by atoms with Crippen molar-refractivity contribution in [1.29, 1.82) is 0 Å². The zero-order chi connectivity index (χ0) is 57.1. The van der Waals surface area contributed by atoms with Crippen LogP contribution in [0.1, 0.15) is 74.8 Å². The maximum Gasteiger partial charge on any atom is 0.293 e. The van der Waals surface area contributed by atoms with Crippen LogP contribution >= 0.6 is 11.3 Å². The van der Waals surface area contributed by atoms with Crippen molar-refractivity contribution in [2.45, 2.75) is 90.6 Å². The van der Waals surface area contributed by atoms with Gasteiger partial charge in [-0.1, -0.05) is 63.2 Å². The van der Waals surface area contributed by atoms with Gasteiger partial charge in [0.05, 0.1) is 70.7 Å². The molecule has 3 aromatic carbocycles. The molecule has 3 amide bonds. The number of hydrogen-bond donors (Lipinski definition) is 5. The van der Waals surface area contributed by atoms with Crippen LogP contribution in [0, 0.1) is 18.2 Å². The van der Waals surface area contributed by atoms with Crippen molar-refractivity contribution in [2.75, 3.05) is 62.7 Å². The van der Waals surface area contributed by atoms with Crippen LogP contribution in [0.3, 0.4) is 0 Å². The second kappa shape index (κ2) is 24.2. The number of nitrogens with one attached hydrogen (secondary N) is 3. The lowest BCUT2D eigenvalue weighted by atomic mass is 9.85. The number of aliphatic hydroxyl groups is 2. The highest BCUT2D eigenvalue weighted by atomic mass is 32.1. The summed E-state index contributed by atoms with van der Waals surface area (Å²) in [5, 5.41) is 30.8. The number of aliphatic hydroxyl groups excluding tert-OH is 2. The minimum Gasteiger partial charge on any atom is -0.392 e. The van der Waals surface area contributed by atoms with E-state index in [1.165, 1.54) is 20.1 Å². The van der Waals surface area contributed by atoms with E-state index in [9.17, 15) is 34.2 Å². The number of benzene rings is 3. The first kappa shape index (κ1) is 56.6. The predicted molar refractivity (Wildman–Crippen MR) is 309 cm³/mol. The van der Waals surface area contributed by atoms with Crippen LogP contribution in [0.5, 0.6) is 0 Å². The molecule has 21 heteroatoms. The Balaban J connectivity index is 0.679. The van der Waals surface area contributed by atoms with Crippen LogP contribution in [0.15, 0.2) is 106 Å². The number of β-amino-alcohol motifs (C(OH)–C–C–N with tert-alkyl or cyclic N) is 1. The van der Waals surface area contributed by atoms with Crippen molar-refractivity contribution < 1.29 is 33.7 Å². The van der Waals surface area contributed by atoms with Crippen LogP contribution in [0.2, 0.25) is 0 Å². The SMILES string of the molecule is Cc1ncsc1-c1ccc(CNC(=O)[C@@H]2C[C@@H](O)CN2C(=O)[C@@H](NC(=O)CCOCCN2CCN(c3ccc(Nc4nc(-c5cccc(-n6ccc7cc(C8CC8)cc(F)c7c6=O)c5CO)cn(C)c4=O)nc3)CC2)C(C)(C)C)cc1. The fraction of sp³-hybridized carbons (Fsp3) is 0.400. The molecule has 7 aromatic rings. The van der Waals surface area contributed by atoms with E-state index in [2.05, 4.69) is 40.7 Å². The van der Waals surface area contributed by atoms with Crippen LogP contribution in [0.25, 0.3) is 38.2 Å². The molecule has 5 N–H and O–H groups in total. The monoisotopic (exact) mass is 1120 g/mol. The predicted octanol–water partition coefficient (Wildman–Crippen LogP) is 6.17. The summed E-state index contributed by atoms with van der Waals surface area (Å²) in [4.78, 5) is 88.7. The largest absolute Gasteiger partial charge is 0.392 e. The number of aryl methyl sites for hydroxylation is 2. The van der Waals surface area contributed by atoms with Gasteiger partial charge in [-0.25, -0.2) is 19.3 Å². The van der Waals surface area contributed by atoms with Crippen molar-refractivity contribution in [1.82, 2.24) is 44.5 Å². The molecule has 4 aromatic heterocycles. The molecule has 0 bridgehead atoms. The molecule has 2 aliphatic heterocycles. The first-order valence-corrected chi connectivity index (χ1v) is 28.3. The Morgan fingerprint density at radius 3 is 2.42 bits per heavy atom. The molecule has 19 nitrogen and oxygen atoms in total. The number of ether oxygens (including phenoxy) is 1. The molecule has 10 rings (SSSR count). The average molecular weight is 1120 g/mol. The molecule has 3 aliphatic rings. The molecular formula is C60H68FN11O8S. The topological polar surface area (TPSA) is 229 Å². The second-order valence-electron chi connectivity index (χ2n) is 22.2. The molecule has 1 aliphatic carbocycles. The molecule has 81 heavy (non-hydrogen) atoms. The fourth-order valence-corrected chi connectivity index (χ4v) is 11.5. The fourth-order valence-electron chi connectivity index (χ4n) is 10.7. The van der Waals surface area contributed by atoms with Gasteiger partial charge in [-0.2, -0.15) is 0 Å². The van der Waals surface area contributed by atoms with E-state index in [0.717, 1.165) is 72.0 Å². The van der Waals surface area contributed by atoms with E-state index >= 15 is 4.39 Å². The molecule has 0 unspecified atom stereocenters. The number of carbonyl (C=O) groups excluding carboxylic acids is 3. The lowest BCUT2D eigenvalue weighted by Crippen LogP contribution is -2.57. The van der Waals surface area contributed by atoms with E-state index in [4.69, 9.17) is 4.74 Å². The molecule has 6 heterocycles. The average Bonchev–Trinajstić information content (AvgIpc) is 4.13. The van der Waals surface area contributed by atoms with Gasteiger partial charge in [-0.3, -0.25) is 33.4 Å². The minimum absolute atomic E-state index is 0.00861. The second-order valence-corrected chi connectivity index (χ2v) is 23.1. The molecule has 0 spiro atoms. The van der Waals surface area contributed by atoms with Crippen molar-refractivity contribution in [3.63, 3.8) is 0 Å². The number of hydrogen-bond acceptors (Lipinski definition) is 15. The summed E-state index contributed by atoms with van der Waals surface area (Å²) in [5.41, 5.74) is 6.44. The third-order valence-electron chi connectivity index (χ3n) is 15.4.